The largest absolute Gasteiger partial charge is 0.492 e. The van der Waals surface area contributed by atoms with Crippen molar-refractivity contribution in [1.82, 2.24) is 10.2 Å². The van der Waals surface area contributed by atoms with Crippen LogP contribution in [-0.2, 0) is 11.3 Å². The molecule has 1 aliphatic rings. The van der Waals surface area contributed by atoms with Crippen molar-refractivity contribution >= 4 is 27.3 Å². The lowest BCUT2D eigenvalue weighted by Crippen LogP contribution is -2.38. The number of benzene rings is 2. The van der Waals surface area contributed by atoms with Gasteiger partial charge in [-0.1, -0.05) is 30.3 Å². The summed E-state index contributed by atoms with van der Waals surface area (Å²) in [5.41, 5.74) is 2.08. The van der Waals surface area contributed by atoms with Gasteiger partial charge in [0.15, 0.2) is 0 Å². The number of fused-ring (bicyclic) bond motifs is 1. The maximum atomic E-state index is 12.7. The second-order valence-corrected chi connectivity index (χ2v) is 9.11. The van der Waals surface area contributed by atoms with Crippen LogP contribution in [0.4, 0.5) is 0 Å². The minimum absolute atomic E-state index is 0.0249. The third kappa shape index (κ3) is 5.45. The molecule has 1 saturated heterocycles. The van der Waals surface area contributed by atoms with Crippen LogP contribution in [0.25, 0.3) is 10.1 Å². The summed E-state index contributed by atoms with van der Waals surface area (Å²) in [5.74, 6) is 0.813. The molecule has 0 bridgehead atoms. The number of hydrogen-bond acceptors (Lipinski definition) is 5. The van der Waals surface area contributed by atoms with Crippen LogP contribution < -0.4 is 10.1 Å². The van der Waals surface area contributed by atoms with Gasteiger partial charge < -0.3 is 14.8 Å². The Morgan fingerprint density at radius 3 is 2.81 bits per heavy atom. The lowest BCUT2D eigenvalue weighted by Gasteiger charge is -2.31. The second kappa shape index (κ2) is 10.3. The van der Waals surface area contributed by atoms with Gasteiger partial charge in [0.25, 0.3) is 5.91 Å². The molecule has 1 aromatic heterocycles. The first-order chi connectivity index (χ1) is 15.1. The highest BCUT2D eigenvalue weighted by molar-refractivity contribution is 7.21. The van der Waals surface area contributed by atoms with Gasteiger partial charge in [-0.25, -0.2) is 0 Å². The number of aryl methyl sites for hydroxylation is 1. The smallest absolute Gasteiger partial charge is 0.261 e. The highest BCUT2D eigenvalue weighted by Gasteiger charge is 2.18. The fraction of sp³-hybridized carbons (Fsp3) is 0.400. The van der Waals surface area contributed by atoms with Gasteiger partial charge in [-0.05, 0) is 61.5 Å². The number of carbonyl (C=O) groups excluding carboxylic acids is 1. The molecule has 1 N–H and O–H groups in total. The summed E-state index contributed by atoms with van der Waals surface area (Å²) in [6.07, 6.45) is 2.18. The van der Waals surface area contributed by atoms with E-state index in [2.05, 4.69) is 29.4 Å². The number of hydrogen-bond donors (Lipinski definition) is 1. The summed E-state index contributed by atoms with van der Waals surface area (Å²) >= 11 is 1.55. The predicted molar refractivity (Wildman–Crippen MR) is 126 cm³/mol. The first kappa shape index (κ1) is 21.8. The van der Waals surface area contributed by atoms with Crippen LogP contribution >= 0.6 is 11.3 Å². The Morgan fingerprint density at radius 2 is 2.00 bits per heavy atom. The number of likely N-dealkylation sites (N-methyl/N-ethyl adjacent to an activating group) is 1. The van der Waals surface area contributed by atoms with E-state index < -0.39 is 0 Å². The molecule has 1 amide bonds. The van der Waals surface area contributed by atoms with Crippen molar-refractivity contribution in [1.29, 1.82) is 0 Å². The van der Waals surface area contributed by atoms with E-state index in [4.69, 9.17) is 9.47 Å². The normalized spacial score (nSPS) is 14.8. The van der Waals surface area contributed by atoms with Gasteiger partial charge in [0.1, 0.15) is 12.4 Å². The van der Waals surface area contributed by atoms with Gasteiger partial charge >= 0.3 is 0 Å². The predicted octanol–water partition coefficient (Wildman–Crippen LogP) is 4.63. The summed E-state index contributed by atoms with van der Waals surface area (Å²) in [5, 5.41) is 4.21. The molecule has 5 nitrogen and oxygen atoms in total. The molecule has 0 radical (unpaired) electrons. The Balaban J connectivity index is 1.29. The number of rotatable bonds is 8. The first-order valence-electron chi connectivity index (χ1n) is 10.9. The third-order valence-corrected chi connectivity index (χ3v) is 7.20. The van der Waals surface area contributed by atoms with Crippen LogP contribution in [0, 0.1) is 6.92 Å². The summed E-state index contributed by atoms with van der Waals surface area (Å²) in [4.78, 5) is 15.9. The number of nitrogens with zero attached hydrogens (tertiary/aromatic N) is 1. The Kier molecular flexibility index (Phi) is 7.22. The van der Waals surface area contributed by atoms with Crippen molar-refractivity contribution in [3.8, 4) is 5.75 Å². The van der Waals surface area contributed by atoms with Gasteiger partial charge in [0.05, 0.1) is 4.88 Å². The zero-order chi connectivity index (χ0) is 21.6. The van der Waals surface area contributed by atoms with E-state index in [9.17, 15) is 4.79 Å². The lowest BCUT2D eigenvalue weighted by molar-refractivity contribution is 0.0392. The molecule has 1 fully saturated rings. The SMILES string of the molecule is Cc1c(C(=O)NCc2cccc(OCCN(C)C3CCOCC3)c2)sc2ccccc12. The Labute approximate surface area is 188 Å². The highest BCUT2D eigenvalue weighted by Crippen LogP contribution is 2.30. The van der Waals surface area contributed by atoms with Crippen molar-refractivity contribution in [3.63, 3.8) is 0 Å². The molecule has 2 heterocycles. The first-order valence-corrected chi connectivity index (χ1v) is 11.7. The van der Waals surface area contributed by atoms with Gasteiger partial charge in [0.2, 0.25) is 0 Å². The molecule has 31 heavy (non-hydrogen) atoms. The van der Waals surface area contributed by atoms with Crippen LogP contribution in [0.3, 0.4) is 0 Å². The average molecular weight is 439 g/mol. The van der Waals surface area contributed by atoms with Crippen molar-refractivity contribution in [3.05, 3.63) is 64.5 Å². The van der Waals surface area contributed by atoms with Crippen molar-refractivity contribution in [2.45, 2.75) is 32.4 Å². The van der Waals surface area contributed by atoms with Crippen LogP contribution in [0.15, 0.2) is 48.5 Å². The summed E-state index contributed by atoms with van der Waals surface area (Å²) < 4.78 is 12.6. The van der Waals surface area contributed by atoms with E-state index in [1.807, 2.05) is 43.3 Å². The molecule has 4 rings (SSSR count). The quantitative estimate of drug-likeness (QED) is 0.557. The van der Waals surface area contributed by atoms with Gasteiger partial charge in [0, 0.05) is 37.0 Å². The van der Waals surface area contributed by atoms with E-state index in [0.717, 1.165) is 64.4 Å². The van der Waals surface area contributed by atoms with Gasteiger partial charge in [-0.15, -0.1) is 11.3 Å². The molecule has 3 aromatic rings. The topological polar surface area (TPSA) is 50.8 Å². The van der Waals surface area contributed by atoms with Gasteiger partial charge in [-0.3, -0.25) is 9.69 Å². The van der Waals surface area contributed by atoms with Crippen molar-refractivity contribution in [2.75, 3.05) is 33.4 Å². The number of thiophene rings is 1. The van der Waals surface area contributed by atoms with Crippen LogP contribution in [-0.4, -0.2) is 50.3 Å². The van der Waals surface area contributed by atoms with E-state index in [1.54, 1.807) is 11.3 Å². The summed E-state index contributed by atoms with van der Waals surface area (Å²) in [6.45, 7) is 5.72. The minimum atomic E-state index is -0.0249. The third-order valence-electron chi connectivity index (χ3n) is 5.93. The number of ether oxygens (including phenoxy) is 2. The highest BCUT2D eigenvalue weighted by atomic mass is 32.1. The Hall–Kier alpha value is -2.41. The van der Waals surface area contributed by atoms with Crippen molar-refractivity contribution in [2.24, 2.45) is 0 Å². The molecule has 2 aromatic carbocycles. The van der Waals surface area contributed by atoms with Crippen LogP contribution in [0.2, 0.25) is 0 Å². The number of carbonyl (C=O) groups is 1. The summed E-state index contributed by atoms with van der Waals surface area (Å²) in [6, 6.07) is 16.7. The van der Waals surface area contributed by atoms with Crippen LogP contribution in [0.1, 0.15) is 33.6 Å². The maximum Gasteiger partial charge on any atom is 0.261 e. The monoisotopic (exact) mass is 438 g/mol. The fourth-order valence-corrected chi connectivity index (χ4v) is 5.14. The molecule has 0 atom stereocenters. The van der Waals surface area contributed by atoms with Crippen LogP contribution in [0.5, 0.6) is 5.75 Å². The van der Waals surface area contributed by atoms with E-state index >= 15 is 0 Å². The zero-order valence-electron chi connectivity index (χ0n) is 18.2. The minimum Gasteiger partial charge on any atom is -0.492 e. The standard InChI is InChI=1S/C25H30N2O3S/c1-18-22-8-3-4-9-23(22)31-24(18)25(28)26-17-19-6-5-7-21(16-19)30-15-12-27(2)20-10-13-29-14-11-20/h3-9,16,20H,10-15,17H2,1-2H3,(H,26,28). The summed E-state index contributed by atoms with van der Waals surface area (Å²) in [7, 11) is 2.15. The average Bonchev–Trinajstić information content (AvgIpc) is 3.15. The molecule has 164 valence electrons. The second-order valence-electron chi connectivity index (χ2n) is 8.06. The maximum absolute atomic E-state index is 12.7. The molecular weight excluding hydrogens is 408 g/mol. The lowest BCUT2D eigenvalue weighted by atomic mass is 10.1. The molecule has 0 saturated carbocycles. The van der Waals surface area contributed by atoms with Gasteiger partial charge in [-0.2, -0.15) is 0 Å². The Bertz CT molecular complexity index is 1030. The molecule has 1 aliphatic heterocycles. The molecule has 0 aliphatic carbocycles. The molecule has 6 heteroatoms. The van der Waals surface area contributed by atoms with E-state index in [1.165, 1.54) is 0 Å². The number of nitrogens with one attached hydrogen (secondary N) is 1. The fourth-order valence-electron chi connectivity index (χ4n) is 4.01. The number of amides is 1. The molecular formula is C25H30N2O3S. The van der Waals surface area contributed by atoms with Crippen molar-refractivity contribution < 1.29 is 14.3 Å². The van der Waals surface area contributed by atoms with E-state index in [0.29, 0.717) is 19.2 Å². The Morgan fingerprint density at radius 1 is 1.19 bits per heavy atom. The molecule has 0 unspecified atom stereocenters. The van der Waals surface area contributed by atoms with E-state index in [-0.39, 0.29) is 5.91 Å². The zero-order valence-corrected chi connectivity index (χ0v) is 19.0. The molecule has 0 spiro atoms.